The van der Waals surface area contributed by atoms with Crippen LogP contribution in [0.3, 0.4) is 0 Å². The van der Waals surface area contributed by atoms with Crippen molar-refractivity contribution in [3.8, 4) is 0 Å². The Morgan fingerprint density at radius 2 is 2.13 bits per heavy atom. The predicted octanol–water partition coefficient (Wildman–Crippen LogP) is 3.91. The van der Waals surface area contributed by atoms with E-state index in [4.69, 9.17) is 17.0 Å². The zero-order valence-electron chi connectivity index (χ0n) is 8.26. The Kier molecular flexibility index (Phi) is 3.51. The number of halogens is 2. The van der Waals surface area contributed by atoms with Gasteiger partial charge < -0.3 is 4.90 Å². The molecule has 1 aliphatic rings. The molecule has 1 fully saturated rings. The van der Waals surface area contributed by atoms with E-state index in [-0.39, 0.29) is 0 Å². The first-order chi connectivity index (χ1) is 7.18. The minimum absolute atomic E-state index is 0.724. The minimum Gasteiger partial charge on any atom is -0.329 e. The van der Waals surface area contributed by atoms with Crippen LogP contribution in [-0.4, -0.2) is 12.4 Å². The van der Waals surface area contributed by atoms with Crippen molar-refractivity contribution in [1.82, 2.24) is 0 Å². The van der Waals surface area contributed by atoms with Gasteiger partial charge >= 0.3 is 0 Å². The van der Waals surface area contributed by atoms with Crippen molar-refractivity contribution in [3.63, 3.8) is 0 Å². The van der Waals surface area contributed by atoms with Crippen LogP contribution >= 0.6 is 34.2 Å². The predicted molar refractivity (Wildman–Crippen MR) is 73.1 cm³/mol. The van der Waals surface area contributed by atoms with E-state index in [9.17, 15) is 0 Å². The summed E-state index contributed by atoms with van der Waals surface area (Å²) in [6, 6.07) is 5.84. The highest BCUT2D eigenvalue weighted by atomic mass is 127. The molecule has 4 heteroatoms. The third-order valence-electron chi connectivity index (χ3n) is 2.57. The van der Waals surface area contributed by atoms with Crippen molar-refractivity contribution in [2.24, 2.45) is 0 Å². The van der Waals surface area contributed by atoms with Crippen LogP contribution in [0.2, 0.25) is 5.02 Å². The second-order valence-electron chi connectivity index (χ2n) is 3.65. The maximum Gasteiger partial charge on any atom is 0.100 e. The lowest BCUT2D eigenvalue weighted by Crippen LogP contribution is -2.35. The van der Waals surface area contributed by atoms with Gasteiger partial charge in [0.15, 0.2) is 0 Å². The summed E-state index contributed by atoms with van der Waals surface area (Å²) in [7, 11) is 0. The molecule has 0 spiro atoms. The number of rotatable bonds is 1. The van der Waals surface area contributed by atoms with Crippen LogP contribution < -0.4 is 4.90 Å². The Balaban J connectivity index is 2.31. The fourth-order valence-corrected chi connectivity index (χ4v) is 2.96. The Labute approximate surface area is 108 Å². The molecule has 15 heavy (non-hydrogen) atoms. The Morgan fingerprint density at radius 1 is 1.33 bits per heavy atom. The van der Waals surface area contributed by atoms with Gasteiger partial charge in [-0.2, -0.15) is 0 Å². The van der Waals surface area contributed by atoms with Gasteiger partial charge in [-0.15, -0.1) is 0 Å². The third-order valence-corrected chi connectivity index (χ3v) is 3.67. The molecule has 2 nitrogen and oxygen atoms in total. The molecule has 1 saturated heterocycles. The van der Waals surface area contributed by atoms with Crippen molar-refractivity contribution < 1.29 is 0 Å². The quantitative estimate of drug-likeness (QED) is 0.775. The molecule has 1 N–H and O–H groups in total. The van der Waals surface area contributed by atoms with Crippen molar-refractivity contribution in [1.29, 1.82) is 5.41 Å². The van der Waals surface area contributed by atoms with Gasteiger partial charge in [0.1, 0.15) is 5.84 Å². The SMILES string of the molecule is N=C1CCCCN1c1ccc(Cl)cc1I. The summed E-state index contributed by atoms with van der Waals surface area (Å²) in [4.78, 5) is 2.08. The van der Waals surface area contributed by atoms with Crippen LogP contribution in [0.5, 0.6) is 0 Å². The van der Waals surface area contributed by atoms with Crippen LogP contribution in [0.15, 0.2) is 18.2 Å². The van der Waals surface area contributed by atoms with Crippen LogP contribution in [0, 0.1) is 8.98 Å². The smallest absolute Gasteiger partial charge is 0.100 e. The van der Waals surface area contributed by atoms with Gasteiger partial charge in [0.2, 0.25) is 0 Å². The summed E-state index contributed by atoms with van der Waals surface area (Å²) in [6.07, 6.45) is 3.19. The standard InChI is InChI=1S/C11H12ClIN2/c12-8-4-5-10(9(13)7-8)15-6-2-1-3-11(15)14/h4-5,7,14H,1-3,6H2. The topological polar surface area (TPSA) is 27.1 Å². The average molecular weight is 335 g/mol. The van der Waals surface area contributed by atoms with E-state index in [0.29, 0.717) is 0 Å². The average Bonchev–Trinajstić information content (AvgIpc) is 2.20. The molecule has 0 saturated carbocycles. The van der Waals surface area contributed by atoms with Gasteiger partial charge in [0.05, 0.1) is 5.69 Å². The number of nitrogens with zero attached hydrogens (tertiary/aromatic N) is 1. The van der Waals surface area contributed by atoms with E-state index >= 15 is 0 Å². The lowest BCUT2D eigenvalue weighted by atomic mass is 10.1. The van der Waals surface area contributed by atoms with E-state index in [2.05, 4.69) is 27.5 Å². The molecule has 2 rings (SSSR count). The first-order valence-corrected chi connectivity index (χ1v) is 6.44. The second kappa shape index (κ2) is 4.70. The Morgan fingerprint density at radius 3 is 2.80 bits per heavy atom. The van der Waals surface area contributed by atoms with Crippen molar-refractivity contribution in [3.05, 3.63) is 26.8 Å². The molecule has 0 aromatic heterocycles. The number of hydrogen-bond acceptors (Lipinski definition) is 1. The number of piperidine rings is 1. The molecule has 0 aliphatic carbocycles. The first kappa shape index (κ1) is 11.2. The van der Waals surface area contributed by atoms with E-state index in [1.807, 2.05) is 18.2 Å². The van der Waals surface area contributed by atoms with Crippen molar-refractivity contribution >= 4 is 45.7 Å². The molecule has 0 radical (unpaired) electrons. The van der Waals surface area contributed by atoms with E-state index in [0.717, 1.165) is 39.5 Å². The van der Waals surface area contributed by atoms with Crippen molar-refractivity contribution in [2.75, 3.05) is 11.4 Å². The summed E-state index contributed by atoms with van der Waals surface area (Å²) in [6.45, 7) is 0.955. The Bertz CT molecular complexity index is 392. The van der Waals surface area contributed by atoms with E-state index in [1.54, 1.807) is 0 Å². The summed E-state index contributed by atoms with van der Waals surface area (Å²) >= 11 is 8.19. The highest BCUT2D eigenvalue weighted by Gasteiger charge is 2.18. The summed E-state index contributed by atoms with van der Waals surface area (Å²) < 4.78 is 1.12. The molecule has 1 aliphatic heterocycles. The summed E-state index contributed by atoms with van der Waals surface area (Å²) in [5.41, 5.74) is 1.12. The molecule has 80 valence electrons. The fraction of sp³-hybridized carbons (Fsp3) is 0.364. The third kappa shape index (κ3) is 2.45. The van der Waals surface area contributed by atoms with Gasteiger partial charge in [-0.25, -0.2) is 0 Å². The van der Waals surface area contributed by atoms with Gasteiger partial charge in [0.25, 0.3) is 0 Å². The van der Waals surface area contributed by atoms with Crippen LogP contribution in [0.1, 0.15) is 19.3 Å². The highest BCUT2D eigenvalue weighted by Crippen LogP contribution is 2.28. The minimum atomic E-state index is 0.724. The molecule has 0 unspecified atom stereocenters. The number of nitrogens with one attached hydrogen (secondary N) is 1. The molecule has 0 bridgehead atoms. The van der Waals surface area contributed by atoms with E-state index in [1.165, 1.54) is 6.42 Å². The molecular weight excluding hydrogens is 322 g/mol. The maximum atomic E-state index is 7.92. The number of benzene rings is 1. The van der Waals surface area contributed by atoms with Gasteiger partial charge in [0, 0.05) is 21.6 Å². The maximum absolute atomic E-state index is 7.92. The largest absolute Gasteiger partial charge is 0.329 e. The van der Waals surface area contributed by atoms with Gasteiger partial charge in [-0.3, -0.25) is 5.41 Å². The van der Waals surface area contributed by atoms with Crippen LogP contribution in [0.25, 0.3) is 0 Å². The highest BCUT2D eigenvalue weighted by molar-refractivity contribution is 14.1. The zero-order chi connectivity index (χ0) is 10.8. The van der Waals surface area contributed by atoms with Gasteiger partial charge in [-0.1, -0.05) is 11.6 Å². The number of hydrogen-bond donors (Lipinski definition) is 1. The summed E-state index contributed by atoms with van der Waals surface area (Å²) in [5.74, 6) is 0.724. The van der Waals surface area contributed by atoms with Crippen molar-refractivity contribution in [2.45, 2.75) is 19.3 Å². The molecule has 1 aromatic rings. The molecular formula is C11H12ClIN2. The normalized spacial score (nSPS) is 16.9. The molecule has 1 aromatic carbocycles. The van der Waals surface area contributed by atoms with Crippen LogP contribution in [0.4, 0.5) is 5.69 Å². The first-order valence-electron chi connectivity index (χ1n) is 4.98. The second-order valence-corrected chi connectivity index (χ2v) is 5.25. The monoisotopic (exact) mass is 334 g/mol. The number of amidine groups is 1. The lowest BCUT2D eigenvalue weighted by Gasteiger charge is -2.30. The molecule has 0 amide bonds. The van der Waals surface area contributed by atoms with E-state index < -0.39 is 0 Å². The number of anilines is 1. The van der Waals surface area contributed by atoms with Gasteiger partial charge in [-0.05, 0) is 53.6 Å². The molecule has 0 atom stereocenters. The lowest BCUT2D eigenvalue weighted by molar-refractivity contribution is 0.707. The molecule has 1 heterocycles. The fourth-order valence-electron chi connectivity index (χ4n) is 1.80. The zero-order valence-corrected chi connectivity index (χ0v) is 11.2. The van der Waals surface area contributed by atoms with Crippen LogP contribution in [-0.2, 0) is 0 Å². The Hall–Kier alpha value is -0.290. The summed E-state index contributed by atoms with van der Waals surface area (Å²) in [5, 5.41) is 8.68.